The molecule has 1 nitrogen and oxygen atoms in total. The molecular formula is C17H19Cl2NS. The molecule has 0 heterocycles. The van der Waals surface area contributed by atoms with Crippen LogP contribution in [0.4, 0.5) is 0 Å². The third-order valence-corrected chi connectivity index (χ3v) is 5.52. The molecule has 112 valence electrons. The molecule has 0 aliphatic heterocycles. The molecule has 0 aliphatic carbocycles. The van der Waals surface area contributed by atoms with E-state index in [9.17, 15) is 0 Å². The van der Waals surface area contributed by atoms with Crippen LogP contribution >= 0.6 is 35.0 Å². The third-order valence-electron chi connectivity index (χ3n) is 3.38. The molecule has 0 spiro atoms. The molecule has 0 radical (unpaired) electrons. The number of benzene rings is 2. The maximum Gasteiger partial charge on any atom is 0.0543 e. The van der Waals surface area contributed by atoms with Gasteiger partial charge in [-0.25, -0.2) is 0 Å². The van der Waals surface area contributed by atoms with E-state index >= 15 is 0 Å². The Hall–Kier alpha value is -0.670. The van der Waals surface area contributed by atoms with Crippen LogP contribution in [0.5, 0.6) is 0 Å². The van der Waals surface area contributed by atoms with Gasteiger partial charge in [0, 0.05) is 21.2 Å². The first-order valence-electron chi connectivity index (χ1n) is 6.95. The van der Waals surface area contributed by atoms with Gasteiger partial charge >= 0.3 is 0 Å². The Bertz CT molecular complexity index is 615. The van der Waals surface area contributed by atoms with Crippen LogP contribution in [0.1, 0.15) is 29.7 Å². The first kappa shape index (κ1) is 16.7. The fraction of sp³-hybridized carbons (Fsp3) is 0.294. The zero-order valence-electron chi connectivity index (χ0n) is 12.1. The van der Waals surface area contributed by atoms with Gasteiger partial charge in [0.05, 0.1) is 5.02 Å². The zero-order chi connectivity index (χ0) is 15.4. The molecule has 2 rings (SSSR count). The van der Waals surface area contributed by atoms with Gasteiger partial charge in [-0.15, -0.1) is 11.8 Å². The maximum atomic E-state index is 6.34. The lowest BCUT2D eigenvalue weighted by molar-refractivity contribution is 0.634. The van der Waals surface area contributed by atoms with Gasteiger partial charge in [-0.2, -0.15) is 0 Å². The summed E-state index contributed by atoms with van der Waals surface area (Å²) in [5.74, 6) is 0. The first-order chi connectivity index (χ1) is 10.0. The molecule has 4 heteroatoms. The van der Waals surface area contributed by atoms with Crippen molar-refractivity contribution in [2.24, 2.45) is 5.73 Å². The molecule has 2 unspecified atom stereocenters. The Morgan fingerprint density at radius 3 is 2.57 bits per heavy atom. The second-order valence-corrected chi connectivity index (χ2v) is 7.13. The first-order valence-corrected chi connectivity index (χ1v) is 8.58. The van der Waals surface area contributed by atoms with Gasteiger partial charge in [-0.3, -0.25) is 0 Å². The standard InChI is InChI=1S/C17H19Cl2NS/c1-3-15(20)17(12-6-4-5-11(2)9-12)21-16-10-13(18)7-8-14(16)19/h4-10,15,17H,3,20H2,1-2H3. The summed E-state index contributed by atoms with van der Waals surface area (Å²) in [6.45, 7) is 4.20. The lowest BCUT2D eigenvalue weighted by atomic mass is 10.0. The SMILES string of the molecule is CCC(N)C(Sc1cc(Cl)ccc1Cl)c1cccc(C)c1. The Morgan fingerprint density at radius 2 is 1.90 bits per heavy atom. The molecule has 0 bridgehead atoms. The lowest BCUT2D eigenvalue weighted by Gasteiger charge is -2.24. The molecule has 0 aromatic heterocycles. The van der Waals surface area contributed by atoms with Gasteiger partial charge in [0.2, 0.25) is 0 Å². The average molecular weight is 340 g/mol. The molecule has 0 fully saturated rings. The Labute approximate surface area is 140 Å². The van der Waals surface area contributed by atoms with Crippen LogP contribution in [0, 0.1) is 6.92 Å². The van der Waals surface area contributed by atoms with E-state index in [0.29, 0.717) is 10.0 Å². The monoisotopic (exact) mass is 339 g/mol. The molecule has 2 atom stereocenters. The molecule has 2 aromatic carbocycles. The minimum atomic E-state index is 0.0619. The van der Waals surface area contributed by atoms with Crippen LogP contribution < -0.4 is 5.73 Å². The highest BCUT2D eigenvalue weighted by molar-refractivity contribution is 7.99. The quantitative estimate of drug-likeness (QED) is 0.689. The van der Waals surface area contributed by atoms with Crippen LogP contribution in [-0.2, 0) is 0 Å². The van der Waals surface area contributed by atoms with E-state index in [1.807, 2.05) is 12.1 Å². The number of halogens is 2. The molecule has 0 aliphatic rings. The van der Waals surface area contributed by atoms with E-state index in [4.69, 9.17) is 28.9 Å². The van der Waals surface area contributed by atoms with Crippen molar-refractivity contribution in [3.05, 3.63) is 63.6 Å². The van der Waals surface area contributed by atoms with Crippen molar-refractivity contribution in [2.75, 3.05) is 0 Å². The highest BCUT2D eigenvalue weighted by Crippen LogP contribution is 2.42. The molecule has 0 amide bonds. The molecule has 0 saturated heterocycles. The summed E-state index contributed by atoms with van der Waals surface area (Å²) in [5, 5.41) is 1.56. The minimum absolute atomic E-state index is 0.0619. The molecule has 2 N–H and O–H groups in total. The molecule has 2 aromatic rings. The summed E-state index contributed by atoms with van der Waals surface area (Å²) in [6, 6.07) is 14.1. The van der Waals surface area contributed by atoms with Crippen LogP contribution in [-0.4, -0.2) is 6.04 Å². The van der Waals surface area contributed by atoms with Crippen molar-refractivity contribution in [1.82, 2.24) is 0 Å². The third kappa shape index (κ3) is 4.40. The van der Waals surface area contributed by atoms with Crippen LogP contribution in [0.15, 0.2) is 47.4 Å². The number of thioether (sulfide) groups is 1. The largest absolute Gasteiger partial charge is 0.326 e. The second-order valence-electron chi connectivity index (χ2n) is 5.10. The van der Waals surface area contributed by atoms with Crippen LogP contribution in [0.25, 0.3) is 0 Å². The molecular weight excluding hydrogens is 321 g/mol. The predicted molar refractivity (Wildman–Crippen MR) is 94.5 cm³/mol. The minimum Gasteiger partial charge on any atom is -0.326 e. The van der Waals surface area contributed by atoms with Gasteiger partial charge in [-0.05, 0) is 37.1 Å². The zero-order valence-corrected chi connectivity index (χ0v) is 14.5. The lowest BCUT2D eigenvalue weighted by Crippen LogP contribution is -2.25. The number of hydrogen-bond donors (Lipinski definition) is 1. The number of hydrogen-bond acceptors (Lipinski definition) is 2. The highest BCUT2D eigenvalue weighted by Gasteiger charge is 2.21. The van der Waals surface area contributed by atoms with Crippen molar-refractivity contribution in [3.63, 3.8) is 0 Å². The van der Waals surface area contributed by atoms with E-state index < -0.39 is 0 Å². The fourth-order valence-corrected chi connectivity index (χ4v) is 3.96. The van der Waals surface area contributed by atoms with Gasteiger partial charge in [0.25, 0.3) is 0 Å². The van der Waals surface area contributed by atoms with Crippen molar-refractivity contribution >= 4 is 35.0 Å². The van der Waals surface area contributed by atoms with Crippen molar-refractivity contribution in [2.45, 2.75) is 36.5 Å². The van der Waals surface area contributed by atoms with Gasteiger partial charge in [0.15, 0.2) is 0 Å². The van der Waals surface area contributed by atoms with Gasteiger partial charge < -0.3 is 5.73 Å². The summed E-state index contributed by atoms with van der Waals surface area (Å²) < 4.78 is 0. The average Bonchev–Trinajstić information content (AvgIpc) is 2.47. The van der Waals surface area contributed by atoms with Crippen molar-refractivity contribution < 1.29 is 0 Å². The Kier molecular flexibility index (Phi) is 6.00. The predicted octanol–water partition coefficient (Wildman–Crippen LogP) is 5.87. The van der Waals surface area contributed by atoms with Crippen molar-refractivity contribution in [1.29, 1.82) is 0 Å². The van der Waals surface area contributed by atoms with E-state index in [1.54, 1.807) is 17.8 Å². The summed E-state index contributed by atoms with van der Waals surface area (Å²) in [4.78, 5) is 0.972. The summed E-state index contributed by atoms with van der Waals surface area (Å²) >= 11 is 14.1. The Morgan fingerprint density at radius 1 is 1.14 bits per heavy atom. The normalized spacial score (nSPS) is 14.0. The van der Waals surface area contributed by atoms with E-state index in [1.165, 1.54) is 11.1 Å². The Balaban J connectivity index is 2.35. The summed E-state index contributed by atoms with van der Waals surface area (Å²) in [7, 11) is 0. The van der Waals surface area contributed by atoms with Gasteiger partial charge in [0.1, 0.15) is 0 Å². The number of nitrogens with two attached hydrogens (primary N) is 1. The fourth-order valence-electron chi connectivity index (χ4n) is 2.17. The summed E-state index contributed by atoms with van der Waals surface area (Å²) in [5.41, 5.74) is 8.80. The van der Waals surface area contributed by atoms with Crippen LogP contribution in [0.3, 0.4) is 0 Å². The molecule has 0 saturated carbocycles. The van der Waals surface area contributed by atoms with E-state index in [0.717, 1.165) is 11.3 Å². The highest BCUT2D eigenvalue weighted by atomic mass is 35.5. The number of aryl methyl sites for hydroxylation is 1. The number of rotatable bonds is 5. The van der Waals surface area contributed by atoms with E-state index in [2.05, 4.69) is 38.1 Å². The molecule has 21 heavy (non-hydrogen) atoms. The van der Waals surface area contributed by atoms with Crippen LogP contribution in [0.2, 0.25) is 10.0 Å². The van der Waals surface area contributed by atoms with Crippen molar-refractivity contribution in [3.8, 4) is 0 Å². The van der Waals surface area contributed by atoms with Gasteiger partial charge in [-0.1, -0.05) is 60.0 Å². The summed E-state index contributed by atoms with van der Waals surface area (Å²) in [6.07, 6.45) is 0.907. The maximum absolute atomic E-state index is 6.34. The topological polar surface area (TPSA) is 26.0 Å². The second kappa shape index (κ2) is 7.55. The van der Waals surface area contributed by atoms with E-state index in [-0.39, 0.29) is 11.3 Å². The smallest absolute Gasteiger partial charge is 0.0543 e.